The van der Waals surface area contributed by atoms with Crippen molar-refractivity contribution in [1.29, 1.82) is 10.5 Å². The highest BCUT2D eigenvalue weighted by atomic mass is 32.2. The van der Waals surface area contributed by atoms with Crippen LogP contribution in [-0.2, 0) is 19.5 Å². The number of carbonyl (C=O) groups is 2. The van der Waals surface area contributed by atoms with Crippen molar-refractivity contribution in [2.75, 3.05) is 7.05 Å². The van der Waals surface area contributed by atoms with Gasteiger partial charge in [-0.25, -0.2) is 8.93 Å². The van der Waals surface area contributed by atoms with Crippen molar-refractivity contribution in [3.05, 3.63) is 23.3 Å². The average Bonchev–Trinajstić information content (AvgIpc) is 3.69. The Bertz CT molecular complexity index is 1500. The first kappa shape index (κ1) is 27.9. The van der Waals surface area contributed by atoms with Crippen LogP contribution in [0.1, 0.15) is 92.4 Å². The predicted molar refractivity (Wildman–Crippen MR) is 152 cm³/mol. The Labute approximate surface area is 239 Å². The summed E-state index contributed by atoms with van der Waals surface area (Å²) in [5.74, 6) is -0.328. The highest BCUT2D eigenvalue weighted by Gasteiger charge is 2.73. The number of hydrogen-bond acceptors (Lipinski definition) is 6. The van der Waals surface area contributed by atoms with Gasteiger partial charge in [-0.05, 0) is 99.0 Å². The van der Waals surface area contributed by atoms with Gasteiger partial charge in [0.05, 0.1) is 10.3 Å². The van der Waals surface area contributed by atoms with Crippen molar-refractivity contribution in [1.82, 2.24) is 4.72 Å². The molecular formula is C32H42N4O3S. The summed E-state index contributed by atoms with van der Waals surface area (Å²) in [4.78, 5) is 27.9. The largest absolute Gasteiger partial charge is 0.295 e. The molecule has 6 aliphatic rings. The van der Waals surface area contributed by atoms with E-state index in [1.165, 1.54) is 0 Å². The molecule has 8 atom stereocenters. The number of ketones is 2. The highest BCUT2D eigenvalue weighted by molar-refractivity contribution is 7.93. The van der Waals surface area contributed by atoms with Crippen LogP contribution in [0.4, 0.5) is 0 Å². The van der Waals surface area contributed by atoms with Gasteiger partial charge in [0.2, 0.25) is 6.19 Å². The van der Waals surface area contributed by atoms with E-state index in [2.05, 4.69) is 49.8 Å². The van der Waals surface area contributed by atoms with Crippen LogP contribution in [0.2, 0.25) is 0 Å². The van der Waals surface area contributed by atoms with Crippen molar-refractivity contribution in [3.8, 4) is 12.3 Å². The van der Waals surface area contributed by atoms with E-state index in [1.54, 1.807) is 7.05 Å². The Hall–Kier alpha value is -2.29. The van der Waals surface area contributed by atoms with Crippen molar-refractivity contribution in [2.24, 2.45) is 49.2 Å². The van der Waals surface area contributed by atoms with Crippen molar-refractivity contribution in [2.45, 2.75) is 97.2 Å². The van der Waals surface area contributed by atoms with Gasteiger partial charge in [-0.1, -0.05) is 46.3 Å². The van der Waals surface area contributed by atoms with E-state index >= 15 is 0 Å². The minimum absolute atomic E-state index is 0.00265. The monoisotopic (exact) mass is 562 g/mol. The molecule has 6 rings (SSSR count). The van der Waals surface area contributed by atoms with Crippen molar-refractivity contribution >= 4 is 21.5 Å². The quantitative estimate of drug-likeness (QED) is 0.426. The van der Waals surface area contributed by atoms with Gasteiger partial charge in [0, 0.05) is 16.7 Å². The number of rotatable bonds is 2. The molecule has 7 nitrogen and oxygen atoms in total. The molecule has 8 heteroatoms. The summed E-state index contributed by atoms with van der Waals surface area (Å²) in [6.07, 6.45) is 12.7. The number of hydrogen-bond donors (Lipinski definition) is 1. The number of nitriles is 2. The number of nitrogens with zero attached hydrogens (tertiary/aromatic N) is 3. The zero-order valence-corrected chi connectivity index (χ0v) is 25.5. The molecule has 4 saturated carbocycles. The molecule has 0 aliphatic heterocycles. The molecule has 0 heterocycles. The standard InChI is InChI=1S/C32H42N4O3S/c1-27(2)9-13-32(40(39,35-6)36-19-34)14-10-30(5)25(21(32)17-27)22(37)15-24-28(3)16-20(18-33)26(38)31(11-12-31)23(28)7-8-29(24,30)4/h15-16,21,23,25H,7-14,17H2,1-6H3,(H,35,36,39)/t21-,23+,25-,28-,29+,30+,32-,40?/m0/s1. The third kappa shape index (κ3) is 3.11. The molecule has 1 N–H and O–H groups in total. The lowest BCUT2D eigenvalue weighted by Crippen LogP contribution is -2.68. The minimum atomic E-state index is -3.10. The SMILES string of the molecule is CNS(=O)(=NC#N)[C@]12CCC(C)(C)C[C@H]1[C@H]1C(=O)C=C3[C@@]4(C)C=C(C#N)C(=O)C5(CC5)[C@@H]4CC[C@@]3(C)[C@]1(C)CC2. The van der Waals surface area contributed by atoms with Crippen LogP contribution < -0.4 is 4.72 Å². The number of Topliss-reactive ketones (excluding diaryl/α,β-unsaturated/α-hetero) is 1. The summed E-state index contributed by atoms with van der Waals surface area (Å²) in [6, 6.07) is 2.20. The lowest BCUT2D eigenvalue weighted by atomic mass is 9.36. The maximum absolute atomic E-state index is 14.6. The van der Waals surface area contributed by atoms with Gasteiger partial charge < -0.3 is 0 Å². The van der Waals surface area contributed by atoms with Crippen LogP contribution in [0.15, 0.2) is 27.7 Å². The van der Waals surface area contributed by atoms with Crippen LogP contribution in [-0.4, -0.2) is 27.6 Å². The predicted octanol–water partition coefficient (Wildman–Crippen LogP) is 5.80. The molecule has 0 radical (unpaired) electrons. The van der Waals surface area contributed by atoms with E-state index in [4.69, 9.17) is 0 Å². The van der Waals surface area contributed by atoms with E-state index in [0.717, 1.165) is 44.1 Å². The Morgan fingerprint density at radius 3 is 2.27 bits per heavy atom. The smallest absolute Gasteiger partial charge is 0.215 e. The molecule has 0 saturated heterocycles. The van der Waals surface area contributed by atoms with E-state index in [-0.39, 0.29) is 51.1 Å². The van der Waals surface area contributed by atoms with Crippen LogP contribution in [0, 0.1) is 67.6 Å². The summed E-state index contributed by atoms with van der Waals surface area (Å²) in [5, 5.41) is 19.5. The second kappa shape index (κ2) is 8.17. The minimum Gasteiger partial charge on any atom is -0.295 e. The number of allylic oxidation sites excluding steroid dienone is 4. The lowest BCUT2D eigenvalue weighted by molar-refractivity contribution is -0.151. The van der Waals surface area contributed by atoms with E-state index in [0.29, 0.717) is 19.3 Å². The molecule has 0 bridgehead atoms. The fourth-order valence-electron chi connectivity index (χ4n) is 10.8. The summed E-state index contributed by atoms with van der Waals surface area (Å²) in [6.45, 7) is 11.2. The van der Waals surface area contributed by atoms with E-state index < -0.39 is 25.5 Å². The topological polar surface area (TPSA) is 123 Å². The molecule has 0 aromatic heterocycles. The van der Waals surface area contributed by atoms with Crippen molar-refractivity contribution < 1.29 is 13.8 Å². The van der Waals surface area contributed by atoms with E-state index in [9.17, 15) is 24.3 Å². The van der Waals surface area contributed by atoms with Gasteiger partial charge in [0.25, 0.3) is 0 Å². The first-order valence-electron chi connectivity index (χ1n) is 14.9. The van der Waals surface area contributed by atoms with Gasteiger partial charge >= 0.3 is 0 Å². The lowest BCUT2D eigenvalue weighted by Gasteiger charge is -2.68. The highest BCUT2D eigenvalue weighted by Crippen LogP contribution is 2.76. The Balaban J connectivity index is 1.55. The second-order valence-electron chi connectivity index (χ2n) is 15.2. The molecule has 214 valence electrons. The molecule has 40 heavy (non-hydrogen) atoms. The Morgan fingerprint density at radius 1 is 1.00 bits per heavy atom. The van der Waals surface area contributed by atoms with Gasteiger partial charge in [0.1, 0.15) is 16.0 Å². The average molecular weight is 563 g/mol. The van der Waals surface area contributed by atoms with Crippen LogP contribution in [0.5, 0.6) is 0 Å². The number of carbonyl (C=O) groups excluding carboxylic acids is 2. The Kier molecular flexibility index (Phi) is 5.69. The Morgan fingerprint density at radius 2 is 1.68 bits per heavy atom. The third-order valence-electron chi connectivity index (χ3n) is 13.2. The summed E-state index contributed by atoms with van der Waals surface area (Å²) in [5.41, 5.74) is -0.358. The molecule has 1 unspecified atom stereocenters. The first-order valence-corrected chi connectivity index (χ1v) is 16.4. The third-order valence-corrected chi connectivity index (χ3v) is 15.9. The second-order valence-corrected chi connectivity index (χ2v) is 17.6. The molecule has 6 aliphatic carbocycles. The normalized spacial score (nSPS) is 45.6. The molecule has 1 spiro atoms. The van der Waals surface area contributed by atoms with Gasteiger partial charge in [-0.3, -0.25) is 9.59 Å². The zero-order chi connectivity index (χ0) is 29.1. The summed E-state index contributed by atoms with van der Waals surface area (Å²) in [7, 11) is -1.47. The number of fused-ring (bicyclic) bond motifs is 8. The van der Waals surface area contributed by atoms with Crippen molar-refractivity contribution in [3.63, 3.8) is 0 Å². The van der Waals surface area contributed by atoms with Gasteiger partial charge in [-0.15, -0.1) is 4.36 Å². The van der Waals surface area contributed by atoms with Gasteiger partial charge in [-0.2, -0.15) is 10.5 Å². The van der Waals surface area contributed by atoms with Crippen LogP contribution in [0.3, 0.4) is 0 Å². The number of nitrogens with one attached hydrogen (secondary N) is 1. The molecule has 0 aromatic rings. The van der Waals surface area contributed by atoms with Gasteiger partial charge in [0.15, 0.2) is 11.6 Å². The maximum Gasteiger partial charge on any atom is 0.215 e. The molecule has 4 fully saturated rings. The fraction of sp³-hybridized carbons (Fsp3) is 0.750. The molecule has 0 aromatic carbocycles. The maximum atomic E-state index is 14.6. The summed E-state index contributed by atoms with van der Waals surface area (Å²) < 4.78 is 20.7. The first-order chi connectivity index (χ1) is 18.6. The van der Waals surface area contributed by atoms with Crippen LogP contribution >= 0.6 is 0 Å². The zero-order valence-electron chi connectivity index (χ0n) is 24.7. The fourth-order valence-corrected chi connectivity index (χ4v) is 13.0. The molecular weight excluding hydrogens is 520 g/mol. The van der Waals surface area contributed by atoms with Crippen LogP contribution in [0.25, 0.3) is 0 Å². The molecule has 0 amide bonds. The van der Waals surface area contributed by atoms with E-state index in [1.807, 2.05) is 18.3 Å². The summed E-state index contributed by atoms with van der Waals surface area (Å²) >= 11 is 0.